The molecule has 5 aliphatic rings. The number of amides is 2. The maximum atomic E-state index is 13.0. The molecule has 0 aromatic carbocycles. The first kappa shape index (κ1) is 21.4. The molecule has 5 fully saturated rings. The van der Waals surface area contributed by atoms with Gasteiger partial charge in [-0.15, -0.1) is 11.3 Å². The summed E-state index contributed by atoms with van der Waals surface area (Å²) in [6.45, 7) is 4.46. The van der Waals surface area contributed by atoms with Gasteiger partial charge < -0.3 is 10.6 Å². The Hall–Kier alpha value is -1.40. The molecule has 4 bridgehead atoms. The second-order valence-electron chi connectivity index (χ2n) is 10.8. The summed E-state index contributed by atoms with van der Waals surface area (Å²) in [6, 6.07) is 4.32. The lowest BCUT2D eigenvalue weighted by molar-refractivity contribution is -0.146. The predicted octanol–water partition coefficient (Wildman–Crippen LogP) is 3.80. The van der Waals surface area contributed by atoms with Gasteiger partial charge in [0, 0.05) is 42.9 Å². The summed E-state index contributed by atoms with van der Waals surface area (Å²) in [4.78, 5) is 29.3. The average Bonchev–Trinajstić information content (AvgIpc) is 3.24. The SMILES string of the molecule is O=C(CCNC(=O)C12CC3CC(CC(C3)C1)C2)NCC1CCCN(Cc2cccs2)C1. The van der Waals surface area contributed by atoms with Gasteiger partial charge in [0.15, 0.2) is 0 Å². The Morgan fingerprint density at radius 2 is 1.84 bits per heavy atom. The number of nitrogens with one attached hydrogen (secondary N) is 2. The molecule has 1 unspecified atom stereocenters. The first-order chi connectivity index (χ1) is 15.1. The normalized spacial score (nSPS) is 34.6. The molecule has 4 aliphatic carbocycles. The van der Waals surface area contributed by atoms with E-state index in [0.717, 1.165) is 63.2 Å². The first-order valence-electron chi connectivity index (χ1n) is 12.4. The molecule has 1 aromatic rings. The van der Waals surface area contributed by atoms with Crippen LogP contribution >= 0.6 is 11.3 Å². The zero-order valence-corrected chi connectivity index (χ0v) is 19.4. The van der Waals surface area contributed by atoms with Crippen molar-refractivity contribution in [1.29, 1.82) is 0 Å². The molecule has 31 heavy (non-hydrogen) atoms. The molecule has 2 heterocycles. The second kappa shape index (κ2) is 9.22. The molecule has 2 N–H and O–H groups in total. The summed E-state index contributed by atoms with van der Waals surface area (Å²) in [5.74, 6) is 3.15. The highest BCUT2D eigenvalue weighted by atomic mass is 32.1. The minimum absolute atomic E-state index is 0.0705. The number of likely N-dealkylation sites (tertiary alicyclic amines) is 1. The summed E-state index contributed by atoms with van der Waals surface area (Å²) in [6.07, 6.45) is 10.1. The molecule has 1 aliphatic heterocycles. The fraction of sp³-hybridized carbons (Fsp3) is 0.760. The van der Waals surface area contributed by atoms with Gasteiger partial charge in [-0.25, -0.2) is 0 Å². The van der Waals surface area contributed by atoms with Gasteiger partial charge in [-0.1, -0.05) is 6.07 Å². The standard InChI is InChI=1S/C25H37N3O2S/c29-23(27-15-18-3-1-7-28(16-18)17-22-4-2-8-31-22)5-6-26-24(30)25-12-19-9-20(13-25)11-21(10-19)14-25/h2,4,8,18-21H,1,3,5-7,9-17H2,(H,26,30)(H,27,29). The summed E-state index contributed by atoms with van der Waals surface area (Å²) in [5, 5.41) is 8.40. The highest BCUT2D eigenvalue weighted by molar-refractivity contribution is 7.09. The van der Waals surface area contributed by atoms with Crippen LogP contribution in [0.3, 0.4) is 0 Å². The minimum atomic E-state index is -0.112. The summed E-state index contributed by atoms with van der Waals surface area (Å²) in [5.41, 5.74) is -0.112. The Labute approximate surface area is 190 Å². The lowest BCUT2D eigenvalue weighted by atomic mass is 9.49. The number of rotatable bonds is 8. The summed E-state index contributed by atoms with van der Waals surface area (Å²) >= 11 is 1.82. The highest BCUT2D eigenvalue weighted by Crippen LogP contribution is 2.60. The van der Waals surface area contributed by atoms with Crippen molar-refractivity contribution >= 4 is 23.2 Å². The van der Waals surface area contributed by atoms with Crippen molar-refractivity contribution in [3.8, 4) is 0 Å². The van der Waals surface area contributed by atoms with Gasteiger partial charge >= 0.3 is 0 Å². The second-order valence-corrected chi connectivity index (χ2v) is 11.9. The average molecular weight is 444 g/mol. The fourth-order valence-electron chi connectivity index (χ4n) is 7.30. The van der Waals surface area contributed by atoms with Crippen LogP contribution in [0, 0.1) is 29.1 Å². The third-order valence-electron chi connectivity index (χ3n) is 8.31. The smallest absolute Gasteiger partial charge is 0.226 e. The van der Waals surface area contributed by atoms with Crippen molar-refractivity contribution in [3.05, 3.63) is 22.4 Å². The number of carbonyl (C=O) groups is 2. The molecule has 1 aromatic heterocycles. The van der Waals surface area contributed by atoms with Gasteiger partial charge in [0.25, 0.3) is 0 Å². The van der Waals surface area contributed by atoms with Crippen LogP contribution < -0.4 is 10.6 Å². The van der Waals surface area contributed by atoms with Crippen LogP contribution in [0.2, 0.25) is 0 Å². The number of nitrogens with zero attached hydrogens (tertiary/aromatic N) is 1. The third-order valence-corrected chi connectivity index (χ3v) is 9.17. The number of thiophene rings is 1. The molecular weight excluding hydrogens is 406 g/mol. The lowest BCUT2D eigenvalue weighted by Gasteiger charge is -2.55. The van der Waals surface area contributed by atoms with E-state index in [-0.39, 0.29) is 17.2 Å². The van der Waals surface area contributed by atoms with Crippen LogP contribution in [-0.4, -0.2) is 42.9 Å². The Balaban J connectivity index is 1.01. The molecular formula is C25H37N3O2S. The number of piperidine rings is 1. The molecule has 2 amide bonds. The van der Waals surface area contributed by atoms with Crippen molar-refractivity contribution in [1.82, 2.24) is 15.5 Å². The van der Waals surface area contributed by atoms with E-state index in [2.05, 4.69) is 33.0 Å². The van der Waals surface area contributed by atoms with Crippen LogP contribution in [0.4, 0.5) is 0 Å². The van der Waals surface area contributed by atoms with Gasteiger partial charge in [0.1, 0.15) is 0 Å². The lowest BCUT2D eigenvalue weighted by Crippen LogP contribution is -2.53. The molecule has 6 heteroatoms. The summed E-state index contributed by atoms with van der Waals surface area (Å²) < 4.78 is 0. The van der Waals surface area contributed by atoms with Crippen molar-refractivity contribution < 1.29 is 9.59 Å². The van der Waals surface area contributed by atoms with E-state index in [1.807, 2.05) is 11.3 Å². The highest BCUT2D eigenvalue weighted by Gasteiger charge is 2.54. The topological polar surface area (TPSA) is 61.4 Å². The third kappa shape index (κ3) is 5.00. The minimum Gasteiger partial charge on any atom is -0.356 e. The van der Waals surface area contributed by atoms with Crippen LogP contribution in [-0.2, 0) is 16.1 Å². The Morgan fingerprint density at radius 1 is 1.10 bits per heavy atom. The Bertz CT molecular complexity index is 742. The van der Waals surface area contributed by atoms with E-state index in [0.29, 0.717) is 18.9 Å². The molecule has 1 atom stereocenters. The van der Waals surface area contributed by atoms with Crippen LogP contribution in [0.5, 0.6) is 0 Å². The Morgan fingerprint density at radius 3 is 2.52 bits per heavy atom. The fourth-order valence-corrected chi connectivity index (χ4v) is 8.04. The number of carbonyl (C=O) groups excluding carboxylic acids is 2. The molecule has 0 radical (unpaired) electrons. The van der Waals surface area contributed by atoms with Gasteiger partial charge in [0.2, 0.25) is 11.8 Å². The van der Waals surface area contributed by atoms with E-state index in [1.165, 1.54) is 37.0 Å². The zero-order chi connectivity index (χ0) is 21.3. The molecule has 4 saturated carbocycles. The van der Waals surface area contributed by atoms with Gasteiger partial charge in [-0.2, -0.15) is 0 Å². The summed E-state index contributed by atoms with van der Waals surface area (Å²) in [7, 11) is 0. The maximum Gasteiger partial charge on any atom is 0.226 e. The molecule has 5 nitrogen and oxygen atoms in total. The molecule has 0 spiro atoms. The van der Waals surface area contributed by atoms with E-state index in [1.54, 1.807) is 0 Å². The molecule has 6 rings (SSSR count). The monoisotopic (exact) mass is 443 g/mol. The molecule has 1 saturated heterocycles. The first-order valence-corrected chi connectivity index (χ1v) is 13.3. The van der Waals surface area contributed by atoms with E-state index < -0.39 is 0 Å². The van der Waals surface area contributed by atoms with Gasteiger partial charge in [0.05, 0.1) is 0 Å². The van der Waals surface area contributed by atoms with Gasteiger partial charge in [-0.3, -0.25) is 14.5 Å². The van der Waals surface area contributed by atoms with E-state index >= 15 is 0 Å². The van der Waals surface area contributed by atoms with E-state index in [4.69, 9.17) is 0 Å². The number of hydrogen-bond acceptors (Lipinski definition) is 4. The van der Waals surface area contributed by atoms with E-state index in [9.17, 15) is 9.59 Å². The van der Waals surface area contributed by atoms with Gasteiger partial charge in [-0.05, 0) is 93.0 Å². The number of hydrogen-bond donors (Lipinski definition) is 2. The van der Waals surface area contributed by atoms with Crippen molar-refractivity contribution in [3.63, 3.8) is 0 Å². The zero-order valence-electron chi connectivity index (χ0n) is 18.6. The van der Waals surface area contributed by atoms with Crippen LogP contribution in [0.15, 0.2) is 17.5 Å². The van der Waals surface area contributed by atoms with Crippen molar-refractivity contribution in [2.24, 2.45) is 29.1 Å². The largest absolute Gasteiger partial charge is 0.356 e. The Kier molecular flexibility index (Phi) is 6.38. The quantitative estimate of drug-likeness (QED) is 0.642. The van der Waals surface area contributed by atoms with Crippen molar-refractivity contribution in [2.45, 2.75) is 64.3 Å². The van der Waals surface area contributed by atoms with Crippen molar-refractivity contribution in [2.75, 3.05) is 26.2 Å². The van der Waals surface area contributed by atoms with Crippen LogP contribution in [0.25, 0.3) is 0 Å². The maximum absolute atomic E-state index is 13.0. The van der Waals surface area contributed by atoms with Crippen LogP contribution in [0.1, 0.15) is 62.7 Å². The predicted molar refractivity (Wildman–Crippen MR) is 124 cm³/mol. The molecule has 170 valence electrons.